The summed E-state index contributed by atoms with van der Waals surface area (Å²) in [6, 6.07) is 14.2. The average Bonchev–Trinajstić information content (AvgIpc) is 2.78. The molecule has 1 heterocycles. The van der Waals surface area contributed by atoms with Crippen LogP contribution < -0.4 is 14.8 Å². The van der Waals surface area contributed by atoms with Gasteiger partial charge in [-0.2, -0.15) is 0 Å². The quantitative estimate of drug-likeness (QED) is 0.667. The third kappa shape index (κ3) is 4.54. The summed E-state index contributed by atoms with van der Waals surface area (Å²) in [5, 5.41) is 3.01. The standard InChI is InChI=1S/C28H33NO4/c1-6-33-27-20(8-7-9-24(27)32-5)21-16-25(31)29-22-14-18(15-23(30)26(21)22)17-10-12-19(13-11-17)28(2,3)4/h7-13,18,21H,6,14-16H2,1-5H3,(H,29,31)/t18-,21+/m1/s1. The molecule has 4 rings (SSSR count). The molecule has 2 aliphatic rings. The number of hydrogen-bond donors (Lipinski definition) is 1. The summed E-state index contributed by atoms with van der Waals surface area (Å²) >= 11 is 0. The topological polar surface area (TPSA) is 64.6 Å². The van der Waals surface area contributed by atoms with Gasteiger partial charge in [0, 0.05) is 35.6 Å². The van der Waals surface area contributed by atoms with Gasteiger partial charge in [-0.05, 0) is 41.9 Å². The molecule has 1 N–H and O–H groups in total. The number of ketones is 1. The van der Waals surface area contributed by atoms with Crippen molar-refractivity contribution in [2.24, 2.45) is 0 Å². The van der Waals surface area contributed by atoms with E-state index in [0.717, 1.165) is 16.8 Å². The van der Waals surface area contributed by atoms with E-state index in [0.29, 0.717) is 36.5 Å². The molecule has 0 fully saturated rings. The third-order valence-electron chi connectivity index (χ3n) is 6.68. The van der Waals surface area contributed by atoms with Crippen LogP contribution in [0.2, 0.25) is 0 Å². The molecular formula is C28H33NO4. The van der Waals surface area contributed by atoms with Crippen molar-refractivity contribution in [3.05, 3.63) is 70.4 Å². The molecule has 5 heteroatoms. The van der Waals surface area contributed by atoms with Gasteiger partial charge in [0.15, 0.2) is 17.3 Å². The highest BCUT2D eigenvalue weighted by atomic mass is 16.5. The van der Waals surface area contributed by atoms with E-state index in [1.165, 1.54) is 5.56 Å². The predicted molar refractivity (Wildman–Crippen MR) is 129 cm³/mol. The monoisotopic (exact) mass is 447 g/mol. The first kappa shape index (κ1) is 23.1. The van der Waals surface area contributed by atoms with Crippen molar-refractivity contribution in [2.45, 2.75) is 64.2 Å². The van der Waals surface area contributed by atoms with E-state index in [1.54, 1.807) is 7.11 Å². The first-order valence-corrected chi connectivity index (χ1v) is 11.7. The lowest BCUT2D eigenvalue weighted by molar-refractivity contribution is -0.122. The minimum Gasteiger partial charge on any atom is -0.493 e. The van der Waals surface area contributed by atoms with Gasteiger partial charge in [-0.15, -0.1) is 0 Å². The fraction of sp³-hybridized carbons (Fsp3) is 0.429. The van der Waals surface area contributed by atoms with E-state index in [2.05, 4.69) is 50.4 Å². The minimum absolute atomic E-state index is 0.0565. The van der Waals surface area contributed by atoms with E-state index in [-0.39, 0.29) is 35.4 Å². The van der Waals surface area contributed by atoms with Gasteiger partial charge in [-0.3, -0.25) is 9.59 Å². The summed E-state index contributed by atoms with van der Waals surface area (Å²) in [6.45, 7) is 8.95. The van der Waals surface area contributed by atoms with Gasteiger partial charge in [0.2, 0.25) is 5.91 Å². The van der Waals surface area contributed by atoms with Crippen LogP contribution >= 0.6 is 0 Å². The summed E-state index contributed by atoms with van der Waals surface area (Å²) in [6.07, 6.45) is 1.31. The smallest absolute Gasteiger partial charge is 0.225 e. The average molecular weight is 448 g/mol. The Morgan fingerprint density at radius 2 is 1.73 bits per heavy atom. The first-order valence-electron chi connectivity index (χ1n) is 11.7. The number of para-hydroxylation sites is 1. The summed E-state index contributed by atoms with van der Waals surface area (Å²) in [5.74, 6) is 0.976. The van der Waals surface area contributed by atoms with Crippen molar-refractivity contribution >= 4 is 11.7 Å². The molecule has 2 atom stereocenters. The van der Waals surface area contributed by atoms with Crippen LogP contribution in [0.15, 0.2) is 53.7 Å². The summed E-state index contributed by atoms with van der Waals surface area (Å²) in [4.78, 5) is 26.2. The Hall–Kier alpha value is -3.08. The van der Waals surface area contributed by atoms with Crippen LogP contribution in [0.3, 0.4) is 0 Å². The maximum Gasteiger partial charge on any atom is 0.225 e. The summed E-state index contributed by atoms with van der Waals surface area (Å²) < 4.78 is 11.4. The van der Waals surface area contributed by atoms with Crippen molar-refractivity contribution in [1.82, 2.24) is 5.32 Å². The number of carbonyl (C=O) groups is 2. The van der Waals surface area contributed by atoms with Gasteiger partial charge in [-0.25, -0.2) is 0 Å². The van der Waals surface area contributed by atoms with E-state index in [9.17, 15) is 9.59 Å². The van der Waals surface area contributed by atoms with Crippen LogP contribution in [0, 0.1) is 0 Å². The van der Waals surface area contributed by atoms with E-state index >= 15 is 0 Å². The van der Waals surface area contributed by atoms with E-state index in [1.807, 2.05) is 25.1 Å². The second-order valence-corrected chi connectivity index (χ2v) is 9.91. The molecule has 0 aromatic heterocycles. The third-order valence-corrected chi connectivity index (χ3v) is 6.68. The number of benzene rings is 2. The zero-order valence-electron chi connectivity index (χ0n) is 20.2. The second kappa shape index (κ2) is 9.05. The summed E-state index contributed by atoms with van der Waals surface area (Å²) in [5.41, 5.74) is 4.78. The van der Waals surface area contributed by atoms with Crippen molar-refractivity contribution in [1.29, 1.82) is 0 Å². The van der Waals surface area contributed by atoms with Crippen LogP contribution in [0.25, 0.3) is 0 Å². The highest BCUT2D eigenvalue weighted by Gasteiger charge is 2.39. The second-order valence-electron chi connectivity index (χ2n) is 9.91. The Balaban J connectivity index is 1.70. The SMILES string of the molecule is CCOc1c(OC)cccc1[C@@H]1CC(=O)NC2=C1C(=O)C[C@H](c1ccc(C(C)(C)C)cc1)C2. The Morgan fingerprint density at radius 3 is 2.36 bits per heavy atom. The zero-order valence-corrected chi connectivity index (χ0v) is 20.2. The number of methoxy groups -OCH3 is 1. The zero-order chi connectivity index (χ0) is 23.8. The molecular weight excluding hydrogens is 414 g/mol. The van der Waals surface area contributed by atoms with Crippen LogP contribution in [-0.2, 0) is 15.0 Å². The van der Waals surface area contributed by atoms with Gasteiger partial charge < -0.3 is 14.8 Å². The molecule has 1 aliphatic carbocycles. The van der Waals surface area contributed by atoms with Gasteiger partial charge in [0.25, 0.3) is 0 Å². The predicted octanol–water partition coefficient (Wildman–Crippen LogP) is 5.40. The Morgan fingerprint density at radius 1 is 1.00 bits per heavy atom. The number of hydrogen-bond acceptors (Lipinski definition) is 4. The van der Waals surface area contributed by atoms with E-state index < -0.39 is 0 Å². The van der Waals surface area contributed by atoms with Crippen LogP contribution in [0.5, 0.6) is 11.5 Å². The Kier molecular flexibility index (Phi) is 6.33. The molecule has 0 saturated carbocycles. The molecule has 0 bridgehead atoms. The molecule has 1 amide bonds. The number of ether oxygens (including phenoxy) is 2. The molecule has 0 saturated heterocycles. The number of amides is 1. The van der Waals surface area contributed by atoms with Gasteiger partial charge in [-0.1, -0.05) is 57.2 Å². The number of Topliss-reactive ketones (excluding diaryl/α,β-unsaturated/α-hetero) is 1. The van der Waals surface area contributed by atoms with Crippen molar-refractivity contribution < 1.29 is 19.1 Å². The number of allylic oxidation sites excluding steroid dienone is 2. The molecule has 1 aliphatic heterocycles. The largest absolute Gasteiger partial charge is 0.493 e. The lowest BCUT2D eigenvalue weighted by atomic mass is 9.73. The van der Waals surface area contributed by atoms with Crippen molar-refractivity contribution in [3.63, 3.8) is 0 Å². The molecule has 33 heavy (non-hydrogen) atoms. The fourth-order valence-electron chi connectivity index (χ4n) is 4.98. The van der Waals surface area contributed by atoms with Crippen molar-refractivity contribution in [2.75, 3.05) is 13.7 Å². The van der Waals surface area contributed by atoms with Crippen LogP contribution in [-0.4, -0.2) is 25.4 Å². The molecule has 5 nitrogen and oxygen atoms in total. The highest BCUT2D eigenvalue weighted by Crippen LogP contribution is 2.46. The Bertz CT molecular complexity index is 1090. The number of rotatable bonds is 5. The fourth-order valence-corrected chi connectivity index (χ4v) is 4.98. The normalized spacial score (nSPS) is 20.9. The molecule has 2 aromatic carbocycles. The van der Waals surface area contributed by atoms with Gasteiger partial charge in [0.1, 0.15) is 0 Å². The lowest BCUT2D eigenvalue weighted by Gasteiger charge is -2.35. The van der Waals surface area contributed by atoms with Gasteiger partial charge in [0.05, 0.1) is 13.7 Å². The van der Waals surface area contributed by atoms with Crippen molar-refractivity contribution in [3.8, 4) is 11.5 Å². The lowest BCUT2D eigenvalue weighted by Crippen LogP contribution is -2.38. The number of carbonyl (C=O) groups excluding carboxylic acids is 2. The minimum atomic E-state index is -0.331. The van der Waals surface area contributed by atoms with Crippen LogP contribution in [0.4, 0.5) is 0 Å². The first-order chi connectivity index (χ1) is 15.7. The molecule has 2 aromatic rings. The maximum atomic E-state index is 13.5. The molecule has 0 unspecified atom stereocenters. The molecule has 0 radical (unpaired) electrons. The highest BCUT2D eigenvalue weighted by molar-refractivity contribution is 6.02. The maximum absolute atomic E-state index is 13.5. The summed E-state index contributed by atoms with van der Waals surface area (Å²) in [7, 11) is 1.60. The van der Waals surface area contributed by atoms with Gasteiger partial charge >= 0.3 is 0 Å². The Labute approximate surface area is 196 Å². The van der Waals surface area contributed by atoms with Crippen LogP contribution in [0.1, 0.15) is 75.5 Å². The molecule has 174 valence electrons. The van der Waals surface area contributed by atoms with E-state index in [4.69, 9.17) is 9.47 Å². The number of nitrogens with one attached hydrogen (secondary N) is 1. The molecule has 0 spiro atoms.